The molecule has 4 aromatic carbocycles. The van der Waals surface area contributed by atoms with Crippen LogP contribution in [-0.2, 0) is 9.84 Å². The summed E-state index contributed by atoms with van der Waals surface area (Å²) in [6.07, 6.45) is 0. The molecule has 31 heavy (non-hydrogen) atoms. The topological polar surface area (TPSA) is 34.1 Å². The molecule has 0 spiro atoms. The van der Waals surface area contributed by atoms with Gasteiger partial charge in [0.15, 0.2) is 0 Å². The molecule has 0 heterocycles. The summed E-state index contributed by atoms with van der Waals surface area (Å²) < 4.78 is 25.6. The van der Waals surface area contributed by atoms with E-state index < -0.39 is 9.84 Å². The van der Waals surface area contributed by atoms with Crippen molar-refractivity contribution in [3.63, 3.8) is 0 Å². The minimum atomic E-state index is -3.45. The van der Waals surface area contributed by atoms with Gasteiger partial charge in [-0.25, -0.2) is 8.42 Å². The van der Waals surface area contributed by atoms with Crippen LogP contribution >= 0.6 is 0 Å². The highest BCUT2D eigenvalue weighted by Gasteiger charge is 2.22. The second-order valence-electron chi connectivity index (χ2n) is 7.63. The zero-order valence-electron chi connectivity index (χ0n) is 18.5. The van der Waals surface area contributed by atoms with E-state index in [0.29, 0.717) is 9.79 Å². The first-order chi connectivity index (χ1) is 14.8. The van der Waals surface area contributed by atoms with Gasteiger partial charge >= 0.3 is 0 Å². The molecule has 0 N–H and O–H groups in total. The predicted molar refractivity (Wildman–Crippen MR) is 129 cm³/mol. The van der Waals surface area contributed by atoms with Crippen molar-refractivity contribution in [3.05, 3.63) is 119 Å². The molecular weight excluding hydrogens is 400 g/mol. The van der Waals surface area contributed by atoms with Crippen LogP contribution in [0.25, 0.3) is 11.1 Å². The number of hydrogen-bond acceptors (Lipinski definition) is 2. The molecule has 0 aliphatic carbocycles. The van der Waals surface area contributed by atoms with Crippen molar-refractivity contribution in [2.75, 3.05) is 0 Å². The first kappa shape index (κ1) is 22.5. The van der Waals surface area contributed by atoms with E-state index in [4.69, 9.17) is 0 Å². The van der Waals surface area contributed by atoms with Crippen molar-refractivity contribution >= 4 is 9.84 Å². The maximum atomic E-state index is 12.8. The maximum Gasteiger partial charge on any atom is 0.207 e. The second-order valence-corrected chi connectivity index (χ2v) is 9.52. The van der Waals surface area contributed by atoms with Gasteiger partial charge in [0.2, 0.25) is 9.84 Å². The Kier molecular flexibility index (Phi) is 7.09. The van der Waals surface area contributed by atoms with Crippen LogP contribution in [0, 0.1) is 27.7 Å². The molecule has 0 amide bonds. The third-order valence-electron chi connectivity index (χ3n) is 5.57. The van der Waals surface area contributed by atoms with E-state index in [1.165, 1.54) is 11.1 Å². The van der Waals surface area contributed by atoms with Crippen molar-refractivity contribution in [2.45, 2.75) is 37.5 Å². The van der Waals surface area contributed by atoms with Crippen LogP contribution in [0.3, 0.4) is 0 Å². The van der Waals surface area contributed by atoms with Gasteiger partial charge in [0.25, 0.3) is 0 Å². The van der Waals surface area contributed by atoms with Crippen LogP contribution < -0.4 is 0 Å². The molecule has 0 fully saturated rings. The fourth-order valence-electron chi connectivity index (χ4n) is 3.41. The normalized spacial score (nSPS) is 10.8. The minimum absolute atomic E-state index is 0.404. The van der Waals surface area contributed by atoms with E-state index in [-0.39, 0.29) is 0 Å². The third-order valence-corrected chi connectivity index (χ3v) is 7.61. The van der Waals surface area contributed by atoms with E-state index in [9.17, 15) is 8.42 Å². The molecule has 0 aromatic heterocycles. The smallest absolute Gasteiger partial charge is 0.207 e. The summed E-state index contributed by atoms with van der Waals surface area (Å²) in [6.45, 7) is 7.57. The number of rotatable bonds is 3. The van der Waals surface area contributed by atoms with Gasteiger partial charge < -0.3 is 0 Å². The Labute approximate surface area is 186 Å². The van der Waals surface area contributed by atoms with Crippen LogP contribution in [-0.4, -0.2) is 8.42 Å². The second kappa shape index (κ2) is 9.76. The first-order valence-corrected chi connectivity index (χ1v) is 11.8. The standard InChI is InChI=1S/C16H18O2S.C12H10/c1-11-7-5-9-15(13(11)3)19(17,18)16-10-6-8-12(2)14(16)4;1-3-7-11(8-4-1)12-9-5-2-6-10-12/h5-10H,1-4H3;1-10H. The molecule has 4 rings (SSSR count). The lowest BCUT2D eigenvalue weighted by atomic mass is 10.1. The highest BCUT2D eigenvalue weighted by Crippen LogP contribution is 2.28. The van der Waals surface area contributed by atoms with Crippen molar-refractivity contribution in [3.8, 4) is 11.1 Å². The van der Waals surface area contributed by atoms with Crippen LogP contribution in [0.2, 0.25) is 0 Å². The summed E-state index contributed by atoms with van der Waals surface area (Å²) in [5.74, 6) is 0. The molecule has 2 nitrogen and oxygen atoms in total. The molecule has 0 radical (unpaired) electrons. The number of sulfone groups is 1. The quantitative estimate of drug-likeness (QED) is 0.348. The Morgan fingerprint density at radius 1 is 0.452 bits per heavy atom. The lowest BCUT2D eigenvalue weighted by Gasteiger charge is -2.13. The average molecular weight is 429 g/mol. The Morgan fingerprint density at radius 2 is 0.806 bits per heavy atom. The van der Waals surface area contributed by atoms with Gasteiger partial charge in [-0.2, -0.15) is 0 Å². The molecule has 0 aliphatic heterocycles. The number of hydrogen-bond donors (Lipinski definition) is 0. The Hall–Kier alpha value is -3.17. The molecule has 0 bridgehead atoms. The molecule has 0 saturated carbocycles. The van der Waals surface area contributed by atoms with E-state index in [2.05, 4.69) is 48.5 Å². The third kappa shape index (κ3) is 5.12. The Morgan fingerprint density at radius 3 is 1.16 bits per heavy atom. The van der Waals surface area contributed by atoms with Gasteiger partial charge in [-0.3, -0.25) is 0 Å². The fraction of sp³-hybridized carbons (Fsp3) is 0.143. The summed E-state index contributed by atoms with van der Waals surface area (Å²) >= 11 is 0. The van der Waals surface area contributed by atoms with E-state index in [0.717, 1.165) is 22.3 Å². The highest BCUT2D eigenvalue weighted by molar-refractivity contribution is 7.91. The van der Waals surface area contributed by atoms with Gasteiger partial charge in [-0.05, 0) is 73.2 Å². The van der Waals surface area contributed by atoms with E-state index in [1.807, 2.05) is 52.0 Å². The minimum Gasteiger partial charge on any atom is -0.218 e. The van der Waals surface area contributed by atoms with Gasteiger partial charge in [-0.1, -0.05) is 84.9 Å². The molecule has 0 aliphatic rings. The SMILES string of the molecule is Cc1cccc(S(=O)(=O)c2cccc(C)c2C)c1C.c1ccc(-c2ccccc2)cc1. The average Bonchev–Trinajstić information content (AvgIpc) is 2.79. The van der Waals surface area contributed by atoms with E-state index in [1.54, 1.807) is 24.3 Å². The Bertz CT molecular complexity index is 1160. The summed E-state index contributed by atoms with van der Waals surface area (Å²) in [5.41, 5.74) is 6.18. The van der Waals surface area contributed by atoms with Gasteiger partial charge in [0.05, 0.1) is 9.79 Å². The molecule has 4 aromatic rings. The molecule has 0 saturated heterocycles. The predicted octanol–water partition coefficient (Wildman–Crippen LogP) is 7.11. The molecule has 0 unspecified atom stereocenters. The van der Waals surface area contributed by atoms with Crippen molar-refractivity contribution in [1.29, 1.82) is 0 Å². The lowest BCUT2D eigenvalue weighted by molar-refractivity contribution is 0.594. The van der Waals surface area contributed by atoms with Crippen LogP contribution in [0.5, 0.6) is 0 Å². The highest BCUT2D eigenvalue weighted by atomic mass is 32.2. The monoisotopic (exact) mass is 428 g/mol. The summed E-state index contributed by atoms with van der Waals surface area (Å²) in [5, 5.41) is 0. The summed E-state index contributed by atoms with van der Waals surface area (Å²) in [6, 6.07) is 31.6. The van der Waals surface area contributed by atoms with Gasteiger partial charge in [0, 0.05) is 0 Å². The van der Waals surface area contributed by atoms with E-state index >= 15 is 0 Å². The van der Waals surface area contributed by atoms with Crippen LogP contribution in [0.1, 0.15) is 22.3 Å². The van der Waals surface area contributed by atoms with Crippen LogP contribution in [0.15, 0.2) is 107 Å². The van der Waals surface area contributed by atoms with Crippen LogP contribution in [0.4, 0.5) is 0 Å². The lowest BCUT2D eigenvalue weighted by Crippen LogP contribution is -2.07. The summed E-state index contributed by atoms with van der Waals surface area (Å²) in [4.78, 5) is 0.808. The van der Waals surface area contributed by atoms with Crippen molar-refractivity contribution in [1.82, 2.24) is 0 Å². The zero-order valence-corrected chi connectivity index (χ0v) is 19.3. The fourth-order valence-corrected chi connectivity index (χ4v) is 5.29. The largest absolute Gasteiger partial charge is 0.218 e. The number of aryl methyl sites for hydroxylation is 2. The maximum absolute atomic E-state index is 12.8. The molecular formula is C28H28O2S. The van der Waals surface area contributed by atoms with Crippen molar-refractivity contribution < 1.29 is 8.42 Å². The Balaban J connectivity index is 0.000000194. The molecule has 0 atom stereocenters. The zero-order chi connectivity index (χ0) is 22.4. The first-order valence-electron chi connectivity index (χ1n) is 10.3. The van der Waals surface area contributed by atoms with Gasteiger partial charge in [0.1, 0.15) is 0 Å². The summed E-state index contributed by atoms with van der Waals surface area (Å²) in [7, 11) is -3.45. The number of benzene rings is 4. The molecule has 3 heteroatoms. The van der Waals surface area contributed by atoms with Crippen molar-refractivity contribution in [2.24, 2.45) is 0 Å². The molecule has 158 valence electrons. The van der Waals surface area contributed by atoms with Gasteiger partial charge in [-0.15, -0.1) is 0 Å².